The average molecular weight is 242 g/mol. The van der Waals surface area contributed by atoms with Gasteiger partial charge in [-0.25, -0.2) is 0 Å². The third-order valence-electron chi connectivity index (χ3n) is 3.88. The molecule has 17 heavy (non-hydrogen) atoms. The van der Waals surface area contributed by atoms with Crippen molar-refractivity contribution in [3.8, 4) is 0 Å². The van der Waals surface area contributed by atoms with Gasteiger partial charge in [-0.15, -0.1) is 0 Å². The second-order valence-electron chi connectivity index (χ2n) is 6.51. The van der Waals surface area contributed by atoms with Crippen LogP contribution in [0, 0.1) is 17.3 Å². The lowest BCUT2D eigenvalue weighted by atomic mass is 9.74. The summed E-state index contributed by atoms with van der Waals surface area (Å²) in [6, 6.07) is 0. The molecule has 0 amide bonds. The molecule has 0 aromatic heterocycles. The number of aliphatic hydroxyl groups excluding tert-OH is 1. The Morgan fingerprint density at radius 2 is 1.71 bits per heavy atom. The zero-order valence-electron chi connectivity index (χ0n) is 12.9. The molecule has 1 fully saturated rings. The Balaban J connectivity index is 0.00000121. The van der Waals surface area contributed by atoms with E-state index in [2.05, 4.69) is 27.7 Å². The molecule has 0 saturated heterocycles. The quantitative estimate of drug-likeness (QED) is 0.736. The van der Waals surface area contributed by atoms with Gasteiger partial charge in [-0.3, -0.25) is 0 Å². The van der Waals surface area contributed by atoms with E-state index in [9.17, 15) is 5.11 Å². The van der Waals surface area contributed by atoms with Crippen LogP contribution in [0.4, 0.5) is 0 Å². The van der Waals surface area contributed by atoms with Crippen LogP contribution >= 0.6 is 0 Å². The SMILES string of the molecule is CC.CCC1CC(CCC(C)(C)C)CCC1O. The molecule has 1 rings (SSSR count). The standard InChI is InChI=1S/C14H28O.C2H6/c1-5-12-10-11(6-7-13(12)15)8-9-14(2,3)4;1-2/h11-13,15H,5-10H2,1-4H3;1-2H3. The van der Waals surface area contributed by atoms with E-state index in [4.69, 9.17) is 0 Å². The smallest absolute Gasteiger partial charge is 0.0568 e. The molecule has 0 aromatic carbocycles. The van der Waals surface area contributed by atoms with Crippen LogP contribution in [0.25, 0.3) is 0 Å². The highest BCUT2D eigenvalue weighted by Gasteiger charge is 2.28. The molecular weight excluding hydrogens is 208 g/mol. The molecule has 0 radical (unpaired) electrons. The van der Waals surface area contributed by atoms with E-state index in [1.807, 2.05) is 13.8 Å². The van der Waals surface area contributed by atoms with Gasteiger partial charge in [0, 0.05) is 0 Å². The predicted octanol–water partition coefficient (Wildman–Crippen LogP) is 5.03. The van der Waals surface area contributed by atoms with Gasteiger partial charge in [0.15, 0.2) is 0 Å². The molecule has 0 heterocycles. The number of hydrogen-bond donors (Lipinski definition) is 1. The summed E-state index contributed by atoms with van der Waals surface area (Å²) in [5.74, 6) is 1.45. The Bertz CT molecular complexity index is 180. The van der Waals surface area contributed by atoms with Crippen LogP contribution in [0.3, 0.4) is 0 Å². The van der Waals surface area contributed by atoms with Gasteiger partial charge in [0.25, 0.3) is 0 Å². The van der Waals surface area contributed by atoms with Crippen molar-refractivity contribution in [3.63, 3.8) is 0 Å². The Morgan fingerprint density at radius 1 is 1.12 bits per heavy atom. The molecule has 1 aliphatic carbocycles. The fourth-order valence-electron chi connectivity index (χ4n) is 2.68. The highest BCUT2D eigenvalue weighted by atomic mass is 16.3. The van der Waals surface area contributed by atoms with Crippen LogP contribution in [0.5, 0.6) is 0 Å². The predicted molar refractivity (Wildman–Crippen MR) is 77.2 cm³/mol. The largest absolute Gasteiger partial charge is 0.393 e. The van der Waals surface area contributed by atoms with E-state index in [1.165, 1.54) is 25.7 Å². The summed E-state index contributed by atoms with van der Waals surface area (Å²) < 4.78 is 0. The van der Waals surface area contributed by atoms with E-state index in [0.717, 1.165) is 18.8 Å². The minimum atomic E-state index is -0.0131. The molecule has 1 N–H and O–H groups in total. The van der Waals surface area contributed by atoms with Gasteiger partial charge >= 0.3 is 0 Å². The Kier molecular flexibility index (Phi) is 8.11. The van der Waals surface area contributed by atoms with E-state index >= 15 is 0 Å². The fourth-order valence-corrected chi connectivity index (χ4v) is 2.68. The highest BCUT2D eigenvalue weighted by molar-refractivity contribution is 4.80. The molecule has 0 bridgehead atoms. The molecule has 3 atom stereocenters. The van der Waals surface area contributed by atoms with Gasteiger partial charge in [-0.2, -0.15) is 0 Å². The highest BCUT2D eigenvalue weighted by Crippen LogP contribution is 2.36. The first kappa shape index (κ1) is 17.0. The van der Waals surface area contributed by atoms with Gasteiger partial charge in [0.05, 0.1) is 6.10 Å². The third-order valence-corrected chi connectivity index (χ3v) is 3.88. The van der Waals surface area contributed by atoms with Crippen LogP contribution in [0.1, 0.15) is 80.1 Å². The maximum atomic E-state index is 9.81. The molecule has 0 spiro atoms. The van der Waals surface area contributed by atoms with Crippen molar-refractivity contribution < 1.29 is 5.11 Å². The molecule has 1 aliphatic rings. The molecule has 3 unspecified atom stereocenters. The van der Waals surface area contributed by atoms with E-state index in [1.54, 1.807) is 0 Å². The van der Waals surface area contributed by atoms with Crippen molar-refractivity contribution in [3.05, 3.63) is 0 Å². The lowest BCUT2D eigenvalue weighted by Crippen LogP contribution is -2.29. The van der Waals surface area contributed by atoms with Crippen molar-refractivity contribution in [2.24, 2.45) is 17.3 Å². The first-order valence-corrected chi connectivity index (χ1v) is 7.60. The average Bonchev–Trinajstić information content (AvgIpc) is 2.29. The topological polar surface area (TPSA) is 20.2 Å². The zero-order valence-corrected chi connectivity index (χ0v) is 12.9. The molecule has 0 aliphatic heterocycles. The van der Waals surface area contributed by atoms with Crippen LogP contribution < -0.4 is 0 Å². The monoisotopic (exact) mass is 242 g/mol. The van der Waals surface area contributed by atoms with Gasteiger partial charge in [0.1, 0.15) is 0 Å². The van der Waals surface area contributed by atoms with Crippen LogP contribution in [-0.2, 0) is 0 Å². The second-order valence-corrected chi connectivity index (χ2v) is 6.51. The molecule has 1 saturated carbocycles. The van der Waals surface area contributed by atoms with E-state index in [-0.39, 0.29) is 6.10 Å². The lowest BCUT2D eigenvalue weighted by Gasteiger charge is -2.34. The minimum Gasteiger partial charge on any atom is -0.393 e. The van der Waals surface area contributed by atoms with Gasteiger partial charge < -0.3 is 5.11 Å². The van der Waals surface area contributed by atoms with Crippen molar-refractivity contribution in [2.45, 2.75) is 86.2 Å². The van der Waals surface area contributed by atoms with Gasteiger partial charge in [-0.1, -0.05) is 48.0 Å². The first-order chi connectivity index (χ1) is 7.92. The third kappa shape index (κ3) is 7.08. The number of hydrogen-bond acceptors (Lipinski definition) is 1. The normalized spacial score (nSPS) is 29.5. The van der Waals surface area contributed by atoms with Crippen molar-refractivity contribution in [1.29, 1.82) is 0 Å². The van der Waals surface area contributed by atoms with E-state index in [0.29, 0.717) is 11.3 Å². The molecule has 1 heteroatoms. The number of aliphatic hydroxyl groups is 1. The molecule has 104 valence electrons. The van der Waals surface area contributed by atoms with Crippen molar-refractivity contribution >= 4 is 0 Å². The first-order valence-electron chi connectivity index (χ1n) is 7.60. The van der Waals surface area contributed by atoms with Crippen molar-refractivity contribution in [1.82, 2.24) is 0 Å². The van der Waals surface area contributed by atoms with Crippen LogP contribution in [-0.4, -0.2) is 11.2 Å². The Hall–Kier alpha value is -0.0400. The van der Waals surface area contributed by atoms with Crippen LogP contribution in [0.15, 0.2) is 0 Å². The fraction of sp³-hybridized carbons (Fsp3) is 1.00. The summed E-state index contributed by atoms with van der Waals surface area (Å²) in [4.78, 5) is 0. The lowest BCUT2D eigenvalue weighted by molar-refractivity contribution is 0.0421. The summed E-state index contributed by atoms with van der Waals surface area (Å²) in [6.45, 7) is 13.2. The summed E-state index contributed by atoms with van der Waals surface area (Å²) in [5, 5.41) is 9.81. The van der Waals surface area contributed by atoms with Crippen molar-refractivity contribution in [2.75, 3.05) is 0 Å². The zero-order chi connectivity index (χ0) is 13.5. The van der Waals surface area contributed by atoms with Crippen LogP contribution in [0.2, 0.25) is 0 Å². The second kappa shape index (κ2) is 8.13. The maximum Gasteiger partial charge on any atom is 0.0568 e. The minimum absolute atomic E-state index is 0.0131. The van der Waals surface area contributed by atoms with Gasteiger partial charge in [0.2, 0.25) is 0 Å². The molecule has 1 nitrogen and oxygen atoms in total. The van der Waals surface area contributed by atoms with Gasteiger partial charge in [-0.05, 0) is 49.4 Å². The summed E-state index contributed by atoms with van der Waals surface area (Å²) in [5.41, 5.74) is 0.470. The summed E-state index contributed by atoms with van der Waals surface area (Å²) >= 11 is 0. The summed E-state index contributed by atoms with van der Waals surface area (Å²) in [7, 11) is 0. The Labute approximate surface area is 109 Å². The molecular formula is C16H34O. The summed E-state index contributed by atoms with van der Waals surface area (Å²) in [6.07, 6.45) is 7.35. The maximum absolute atomic E-state index is 9.81. The Morgan fingerprint density at radius 3 is 2.18 bits per heavy atom. The number of rotatable bonds is 3. The molecule has 0 aromatic rings. The van der Waals surface area contributed by atoms with E-state index < -0.39 is 0 Å².